The van der Waals surface area contributed by atoms with Gasteiger partial charge in [-0.3, -0.25) is 23.7 Å². The standard InChI is InChI=1S/C26H32ClFN4O8S/c1-12(2)10-31-24(17-7-8-19(28)18(27)9-17)30-32(26(31)41)25-21(29-13(3)33)23(39-16(6)36)22(38-15(5)35)20(40-25)11-37-14(4)34/h7-9,12,20-23,25H,10-11H2,1-6H3,(H,29,33)/t20-,21-,22-,23-,25-/m1/s1. The van der Waals surface area contributed by atoms with Crippen molar-refractivity contribution in [2.24, 2.45) is 5.92 Å². The van der Waals surface area contributed by atoms with Gasteiger partial charge in [0.15, 0.2) is 24.3 Å². The summed E-state index contributed by atoms with van der Waals surface area (Å²) in [5.41, 5.74) is 0.458. The van der Waals surface area contributed by atoms with E-state index in [1.807, 2.05) is 13.8 Å². The molecule has 2 aromatic rings. The number of esters is 3. The molecule has 1 aromatic carbocycles. The molecule has 1 saturated heterocycles. The second kappa shape index (κ2) is 13.5. The zero-order chi connectivity index (χ0) is 30.6. The van der Waals surface area contributed by atoms with Crippen molar-refractivity contribution in [1.82, 2.24) is 19.7 Å². The number of benzene rings is 1. The molecule has 1 N–H and O–H groups in total. The van der Waals surface area contributed by atoms with Gasteiger partial charge in [-0.25, -0.2) is 9.07 Å². The van der Waals surface area contributed by atoms with Crippen LogP contribution in [-0.2, 0) is 44.7 Å². The molecule has 15 heteroatoms. The fourth-order valence-corrected chi connectivity index (χ4v) is 4.96. The van der Waals surface area contributed by atoms with Gasteiger partial charge < -0.3 is 24.3 Å². The van der Waals surface area contributed by atoms with E-state index >= 15 is 0 Å². The van der Waals surface area contributed by atoms with Crippen molar-refractivity contribution in [2.45, 2.75) is 78.7 Å². The minimum atomic E-state index is -1.29. The van der Waals surface area contributed by atoms with Crippen LogP contribution in [0.5, 0.6) is 0 Å². The first kappa shape index (κ1) is 32.2. The molecule has 0 bridgehead atoms. The highest BCUT2D eigenvalue weighted by molar-refractivity contribution is 7.71. The van der Waals surface area contributed by atoms with Crippen LogP contribution >= 0.6 is 23.8 Å². The van der Waals surface area contributed by atoms with Crippen LogP contribution in [0.15, 0.2) is 18.2 Å². The molecule has 3 rings (SSSR count). The Labute approximate surface area is 246 Å². The molecule has 0 spiro atoms. The summed E-state index contributed by atoms with van der Waals surface area (Å²) in [6, 6.07) is 2.94. The second-order valence-electron chi connectivity index (χ2n) is 9.93. The van der Waals surface area contributed by atoms with Gasteiger partial charge in [0.05, 0.1) is 5.02 Å². The Kier molecular flexibility index (Phi) is 10.6. The Balaban J connectivity index is 2.24. The predicted octanol–water partition coefficient (Wildman–Crippen LogP) is 3.36. The molecule has 41 heavy (non-hydrogen) atoms. The van der Waals surface area contributed by atoms with E-state index in [0.717, 1.165) is 13.8 Å². The highest BCUT2D eigenvalue weighted by Gasteiger charge is 2.52. The first-order chi connectivity index (χ1) is 19.2. The van der Waals surface area contributed by atoms with Gasteiger partial charge in [-0.2, -0.15) is 0 Å². The fourth-order valence-electron chi connectivity index (χ4n) is 4.47. The molecule has 1 fully saturated rings. The molecule has 12 nitrogen and oxygen atoms in total. The Bertz CT molecular complexity index is 1380. The Morgan fingerprint density at radius 3 is 2.27 bits per heavy atom. The molecule has 0 radical (unpaired) electrons. The van der Waals surface area contributed by atoms with Crippen molar-refractivity contribution < 1.29 is 42.5 Å². The predicted molar refractivity (Wildman–Crippen MR) is 146 cm³/mol. The van der Waals surface area contributed by atoms with E-state index in [9.17, 15) is 23.6 Å². The topological polar surface area (TPSA) is 140 Å². The maximum atomic E-state index is 14.0. The summed E-state index contributed by atoms with van der Waals surface area (Å²) in [7, 11) is 0. The first-order valence-corrected chi connectivity index (χ1v) is 13.5. The lowest BCUT2D eigenvalue weighted by molar-refractivity contribution is -0.239. The van der Waals surface area contributed by atoms with E-state index in [1.165, 1.54) is 36.7 Å². The fraction of sp³-hybridized carbons (Fsp3) is 0.538. The molecule has 0 aliphatic carbocycles. The minimum Gasteiger partial charge on any atom is -0.463 e. The van der Waals surface area contributed by atoms with E-state index in [4.69, 9.17) is 42.8 Å². The van der Waals surface area contributed by atoms with E-state index in [1.54, 1.807) is 4.57 Å². The maximum absolute atomic E-state index is 14.0. The largest absolute Gasteiger partial charge is 0.463 e. The van der Waals surface area contributed by atoms with E-state index in [0.29, 0.717) is 17.9 Å². The average Bonchev–Trinajstić information content (AvgIpc) is 3.16. The number of rotatable bonds is 9. The van der Waals surface area contributed by atoms with Gasteiger partial charge in [0.1, 0.15) is 24.6 Å². The third kappa shape index (κ3) is 7.89. The quantitative estimate of drug-likeness (QED) is 0.254. The van der Waals surface area contributed by atoms with Gasteiger partial charge in [0.2, 0.25) is 10.7 Å². The molecule has 0 unspecified atom stereocenters. The maximum Gasteiger partial charge on any atom is 0.303 e. The third-order valence-electron chi connectivity index (χ3n) is 5.94. The molecular formula is C26H32ClFN4O8S. The van der Waals surface area contributed by atoms with Crippen molar-refractivity contribution >= 4 is 47.6 Å². The second-order valence-corrected chi connectivity index (χ2v) is 10.7. The van der Waals surface area contributed by atoms with Crippen LogP contribution in [-0.4, -0.2) is 69.1 Å². The molecule has 1 amide bonds. The highest BCUT2D eigenvalue weighted by Crippen LogP contribution is 2.34. The van der Waals surface area contributed by atoms with Gasteiger partial charge in [-0.1, -0.05) is 25.4 Å². The number of aromatic nitrogens is 3. The number of hydrogen-bond acceptors (Lipinski definition) is 10. The molecule has 1 aromatic heterocycles. The van der Waals surface area contributed by atoms with Gasteiger partial charge >= 0.3 is 17.9 Å². The summed E-state index contributed by atoms with van der Waals surface area (Å²) in [5.74, 6) is -2.78. The van der Waals surface area contributed by atoms with Crippen molar-refractivity contribution in [1.29, 1.82) is 0 Å². The molecule has 0 saturated carbocycles. The molecule has 2 heterocycles. The molecule has 5 atom stereocenters. The first-order valence-electron chi connectivity index (χ1n) is 12.7. The number of nitrogens with zero attached hydrogens (tertiary/aromatic N) is 3. The van der Waals surface area contributed by atoms with Gasteiger partial charge in [0.25, 0.3) is 0 Å². The number of ether oxygens (including phenoxy) is 4. The summed E-state index contributed by atoms with van der Waals surface area (Å²) in [5, 5.41) is 7.26. The van der Waals surface area contributed by atoms with Crippen molar-refractivity contribution in [2.75, 3.05) is 6.61 Å². The van der Waals surface area contributed by atoms with Crippen LogP contribution < -0.4 is 5.32 Å². The minimum absolute atomic E-state index is 0.103. The van der Waals surface area contributed by atoms with E-state index in [-0.39, 0.29) is 22.3 Å². The molecule has 1 aliphatic heterocycles. The summed E-state index contributed by atoms with van der Waals surface area (Å²) >= 11 is 11.8. The van der Waals surface area contributed by atoms with Crippen LogP contribution in [0.1, 0.15) is 47.8 Å². The molecule has 1 aliphatic rings. The number of carbonyl (C=O) groups is 4. The monoisotopic (exact) mass is 614 g/mol. The average molecular weight is 615 g/mol. The smallest absolute Gasteiger partial charge is 0.303 e. The number of halogens is 2. The van der Waals surface area contributed by atoms with Crippen LogP contribution in [0.3, 0.4) is 0 Å². The van der Waals surface area contributed by atoms with E-state index in [2.05, 4.69) is 10.4 Å². The zero-order valence-electron chi connectivity index (χ0n) is 23.4. The highest BCUT2D eigenvalue weighted by atomic mass is 35.5. The van der Waals surface area contributed by atoms with Crippen molar-refractivity contribution in [3.63, 3.8) is 0 Å². The number of hydrogen-bond donors (Lipinski definition) is 1. The van der Waals surface area contributed by atoms with Crippen molar-refractivity contribution in [3.05, 3.63) is 33.8 Å². The van der Waals surface area contributed by atoms with Gasteiger partial charge in [-0.05, 0) is 36.3 Å². The van der Waals surface area contributed by atoms with Crippen LogP contribution in [0.25, 0.3) is 11.4 Å². The number of nitrogens with one attached hydrogen (secondary N) is 1. The van der Waals surface area contributed by atoms with Gasteiger partial charge in [0, 0.05) is 39.8 Å². The van der Waals surface area contributed by atoms with E-state index < -0.39 is 60.2 Å². The third-order valence-corrected chi connectivity index (χ3v) is 6.64. The van der Waals surface area contributed by atoms with Gasteiger partial charge in [-0.15, -0.1) is 5.10 Å². The number of carbonyl (C=O) groups excluding carboxylic acids is 4. The SMILES string of the molecule is CC(=O)N[C@@H]1[C@@H](OC(C)=O)[C@H](OC(C)=O)[C@@H](COC(C)=O)O[C@H]1n1nc(-c2ccc(F)c(Cl)c2)n(CC(C)C)c1=S. The Morgan fingerprint density at radius 2 is 1.73 bits per heavy atom. The summed E-state index contributed by atoms with van der Waals surface area (Å²) in [4.78, 5) is 48.2. The lowest BCUT2D eigenvalue weighted by Gasteiger charge is -2.45. The van der Waals surface area contributed by atoms with Crippen LogP contribution in [0.2, 0.25) is 5.02 Å². The lowest BCUT2D eigenvalue weighted by Crippen LogP contribution is -2.64. The Hall–Kier alpha value is -3.36. The van der Waals surface area contributed by atoms with Crippen molar-refractivity contribution in [3.8, 4) is 11.4 Å². The molecule has 224 valence electrons. The normalized spacial score (nSPS) is 22.2. The summed E-state index contributed by atoms with van der Waals surface area (Å²) < 4.78 is 39.6. The summed E-state index contributed by atoms with van der Waals surface area (Å²) in [6.45, 7) is 8.69. The zero-order valence-corrected chi connectivity index (χ0v) is 25.0. The molecular weight excluding hydrogens is 583 g/mol. The summed E-state index contributed by atoms with van der Waals surface area (Å²) in [6.07, 6.45) is -4.94. The van der Waals surface area contributed by atoms with Crippen LogP contribution in [0.4, 0.5) is 4.39 Å². The van der Waals surface area contributed by atoms with Crippen LogP contribution in [0, 0.1) is 16.5 Å². The lowest BCUT2D eigenvalue weighted by atomic mass is 9.95. The Morgan fingerprint density at radius 1 is 1.10 bits per heavy atom. The number of amides is 1.